The summed E-state index contributed by atoms with van der Waals surface area (Å²) in [6, 6.07) is 7.92. The lowest BCUT2D eigenvalue weighted by atomic mass is 9.78. The van der Waals surface area contributed by atoms with Gasteiger partial charge in [0, 0.05) is 5.41 Å². The Kier molecular flexibility index (Phi) is 2.53. The second-order valence-electron chi connectivity index (χ2n) is 4.23. The Labute approximate surface area is 90.2 Å². The Balaban J connectivity index is 2.36. The van der Waals surface area contributed by atoms with Crippen molar-refractivity contribution in [3.8, 4) is 5.75 Å². The van der Waals surface area contributed by atoms with E-state index in [1.54, 1.807) is 7.11 Å². The van der Waals surface area contributed by atoms with E-state index in [-0.39, 0.29) is 5.41 Å². The molecule has 1 aliphatic carbocycles. The van der Waals surface area contributed by atoms with Gasteiger partial charge in [-0.2, -0.15) is 0 Å². The number of ether oxygens (including phenoxy) is 1. The number of aliphatic hydroxyl groups is 1. The van der Waals surface area contributed by atoms with Gasteiger partial charge in [0.1, 0.15) is 5.75 Å². The Hall–Kier alpha value is -1.28. The zero-order valence-electron chi connectivity index (χ0n) is 9.10. The van der Waals surface area contributed by atoms with Crippen LogP contribution in [0.2, 0.25) is 0 Å². The van der Waals surface area contributed by atoms with Crippen LogP contribution in [-0.2, 0) is 5.41 Å². The predicted octanol–water partition coefficient (Wildman–Crippen LogP) is 2.27. The average Bonchev–Trinajstić information content (AvgIpc) is 2.61. The fourth-order valence-corrected chi connectivity index (χ4v) is 2.04. The van der Waals surface area contributed by atoms with E-state index < -0.39 is 6.10 Å². The van der Waals surface area contributed by atoms with Crippen molar-refractivity contribution in [3.63, 3.8) is 0 Å². The maximum Gasteiger partial charge on any atom is 0.119 e. The molecule has 0 bridgehead atoms. The lowest BCUT2D eigenvalue weighted by Gasteiger charge is -2.28. The molecule has 0 heterocycles. The zero-order valence-corrected chi connectivity index (χ0v) is 9.10. The highest BCUT2D eigenvalue weighted by Crippen LogP contribution is 2.37. The minimum absolute atomic E-state index is 0.200. The molecule has 0 saturated carbocycles. The van der Waals surface area contributed by atoms with E-state index in [2.05, 4.69) is 6.92 Å². The Morgan fingerprint density at radius 1 is 1.47 bits per heavy atom. The predicted molar refractivity (Wildman–Crippen MR) is 60.1 cm³/mol. The van der Waals surface area contributed by atoms with Crippen LogP contribution in [0.25, 0.3) is 0 Å². The van der Waals surface area contributed by atoms with E-state index in [1.165, 1.54) is 0 Å². The van der Waals surface area contributed by atoms with Crippen LogP contribution in [0.3, 0.4) is 0 Å². The number of benzene rings is 1. The zero-order chi connectivity index (χ0) is 10.9. The summed E-state index contributed by atoms with van der Waals surface area (Å²) in [5, 5.41) is 9.94. The molecule has 1 N–H and O–H groups in total. The first-order chi connectivity index (χ1) is 7.16. The molecule has 1 aromatic carbocycles. The third-order valence-corrected chi connectivity index (χ3v) is 3.24. The molecule has 2 rings (SSSR count). The maximum atomic E-state index is 9.94. The molecular formula is C13H16O2. The quantitative estimate of drug-likeness (QED) is 0.749. The highest BCUT2D eigenvalue weighted by atomic mass is 16.5. The summed E-state index contributed by atoms with van der Waals surface area (Å²) in [5.74, 6) is 0.841. The highest BCUT2D eigenvalue weighted by Gasteiger charge is 2.35. The fraction of sp³-hybridized carbons (Fsp3) is 0.385. The van der Waals surface area contributed by atoms with Gasteiger partial charge in [0.2, 0.25) is 0 Å². The molecule has 0 fully saturated rings. The summed E-state index contributed by atoms with van der Waals surface area (Å²) >= 11 is 0. The number of rotatable bonds is 2. The lowest BCUT2D eigenvalue weighted by Crippen LogP contribution is -2.31. The Morgan fingerprint density at radius 3 is 2.87 bits per heavy atom. The topological polar surface area (TPSA) is 29.5 Å². The second-order valence-corrected chi connectivity index (χ2v) is 4.23. The molecule has 0 aliphatic heterocycles. The molecule has 1 aliphatic rings. The molecule has 0 amide bonds. The van der Waals surface area contributed by atoms with E-state index in [0.717, 1.165) is 17.7 Å². The van der Waals surface area contributed by atoms with Crippen molar-refractivity contribution in [2.75, 3.05) is 7.11 Å². The van der Waals surface area contributed by atoms with Gasteiger partial charge in [-0.05, 0) is 24.1 Å². The minimum Gasteiger partial charge on any atom is -0.497 e. The van der Waals surface area contributed by atoms with Crippen LogP contribution in [0.15, 0.2) is 36.4 Å². The van der Waals surface area contributed by atoms with Gasteiger partial charge >= 0.3 is 0 Å². The average molecular weight is 204 g/mol. The molecule has 2 atom stereocenters. The molecule has 2 unspecified atom stereocenters. The van der Waals surface area contributed by atoms with Crippen LogP contribution in [0.5, 0.6) is 5.75 Å². The summed E-state index contributed by atoms with van der Waals surface area (Å²) in [5.41, 5.74) is 0.925. The van der Waals surface area contributed by atoms with Crippen LogP contribution in [0, 0.1) is 0 Å². The van der Waals surface area contributed by atoms with Crippen LogP contribution < -0.4 is 4.74 Å². The molecular weight excluding hydrogens is 188 g/mol. The normalized spacial score (nSPS) is 29.4. The summed E-state index contributed by atoms with van der Waals surface area (Å²) in [6.07, 6.45) is 4.37. The summed E-state index contributed by atoms with van der Waals surface area (Å²) < 4.78 is 5.19. The molecule has 0 spiro atoms. The van der Waals surface area contributed by atoms with Crippen LogP contribution in [0.4, 0.5) is 0 Å². The first-order valence-corrected chi connectivity index (χ1v) is 5.16. The summed E-state index contributed by atoms with van der Waals surface area (Å²) in [7, 11) is 1.66. The molecule has 0 saturated heterocycles. The van der Waals surface area contributed by atoms with Crippen LogP contribution in [0.1, 0.15) is 18.9 Å². The number of aliphatic hydroxyl groups excluding tert-OH is 1. The van der Waals surface area contributed by atoms with Crippen molar-refractivity contribution >= 4 is 0 Å². The first-order valence-electron chi connectivity index (χ1n) is 5.16. The summed E-state index contributed by atoms with van der Waals surface area (Å²) in [4.78, 5) is 0. The van der Waals surface area contributed by atoms with E-state index in [1.807, 2.05) is 36.4 Å². The van der Waals surface area contributed by atoms with E-state index >= 15 is 0 Å². The standard InChI is InChI=1S/C13H16O2/c1-13(8-4-7-12(13)14)10-5-3-6-11(9-10)15-2/h3-7,9,12,14H,8H2,1-2H3. The second kappa shape index (κ2) is 3.70. The van der Waals surface area contributed by atoms with Crippen molar-refractivity contribution in [2.24, 2.45) is 0 Å². The van der Waals surface area contributed by atoms with E-state index in [9.17, 15) is 5.11 Å². The van der Waals surface area contributed by atoms with Gasteiger partial charge in [-0.3, -0.25) is 0 Å². The molecule has 0 radical (unpaired) electrons. The number of methoxy groups -OCH3 is 1. The van der Waals surface area contributed by atoms with Crippen LogP contribution in [-0.4, -0.2) is 18.3 Å². The first kappa shape index (κ1) is 10.2. The minimum atomic E-state index is -0.399. The number of hydrogen-bond donors (Lipinski definition) is 1. The third kappa shape index (κ3) is 1.65. The molecule has 1 aromatic rings. The van der Waals surface area contributed by atoms with Crippen molar-refractivity contribution in [2.45, 2.75) is 24.9 Å². The van der Waals surface area contributed by atoms with Gasteiger partial charge in [-0.25, -0.2) is 0 Å². The van der Waals surface area contributed by atoms with Gasteiger partial charge in [0.05, 0.1) is 13.2 Å². The molecule has 2 nitrogen and oxygen atoms in total. The number of allylic oxidation sites excluding steroid dienone is 1. The van der Waals surface area contributed by atoms with Crippen molar-refractivity contribution < 1.29 is 9.84 Å². The summed E-state index contributed by atoms with van der Waals surface area (Å²) in [6.45, 7) is 2.08. The van der Waals surface area contributed by atoms with Crippen LogP contribution >= 0.6 is 0 Å². The Bertz CT molecular complexity index is 384. The molecule has 2 heteroatoms. The van der Waals surface area contributed by atoms with E-state index in [4.69, 9.17) is 4.74 Å². The molecule has 80 valence electrons. The monoisotopic (exact) mass is 204 g/mol. The SMILES string of the molecule is COc1cccc(C2(C)CC=CC2O)c1. The van der Waals surface area contributed by atoms with Crippen molar-refractivity contribution in [3.05, 3.63) is 42.0 Å². The van der Waals surface area contributed by atoms with Crippen molar-refractivity contribution in [1.29, 1.82) is 0 Å². The van der Waals surface area contributed by atoms with Crippen molar-refractivity contribution in [1.82, 2.24) is 0 Å². The van der Waals surface area contributed by atoms with Gasteiger partial charge in [-0.15, -0.1) is 0 Å². The van der Waals surface area contributed by atoms with Gasteiger partial charge in [0.25, 0.3) is 0 Å². The van der Waals surface area contributed by atoms with Gasteiger partial charge in [-0.1, -0.05) is 31.2 Å². The highest BCUT2D eigenvalue weighted by molar-refractivity contribution is 5.37. The third-order valence-electron chi connectivity index (χ3n) is 3.24. The Morgan fingerprint density at radius 2 is 2.27 bits per heavy atom. The van der Waals surface area contributed by atoms with E-state index in [0.29, 0.717) is 0 Å². The maximum absolute atomic E-state index is 9.94. The lowest BCUT2D eigenvalue weighted by molar-refractivity contribution is 0.146. The number of hydrogen-bond acceptors (Lipinski definition) is 2. The fourth-order valence-electron chi connectivity index (χ4n) is 2.04. The largest absolute Gasteiger partial charge is 0.497 e. The van der Waals surface area contributed by atoms with Gasteiger partial charge in [0.15, 0.2) is 0 Å². The smallest absolute Gasteiger partial charge is 0.119 e. The molecule has 15 heavy (non-hydrogen) atoms. The molecule has 0 aromatic heterocycles. The van der Waals surface area contributed by atoms with Gasteiger partial charge < -0.3 is 9.84 Å².